The van der Waals surface area contributed by atoms with Gasteiger partial charge in [-0.15, -0.1) is 0 Å². The number of carbonyl (C=O) groups is 1. The molecule has 1 N–H and O–H groups in total. The molecule has 2 rings (SSSR count). The Morgan fingerprint density at radius 2 is 2.00 bits per heavy atom. The topological polar surface area (TPSA) is 51.2 Å². The van der Waals surface area contributed by atoms with E-state index in [2.05, 4.69) is 17.2 Å². The summed E-state index contributed by atoms with van der Waals surface area (Å²) >= 11 is 5.32. The van der Waals surface area contributed by atoms with Crippen molar-refractivity contribution in [3.63, 3.8) is 0 Å². The van der Waals surface area contributed by atoms with Gasteiger partial charge in [-0.05, 0) is 36.8 Å². The summed E-state index contributed by atoms with van der Waals surface area (Å²) < 4.78 is 5.65. The molecule has 1 aliphatic rings. The molecule has 26 heavy (non-hydrogen) atoms. The van der Waals surface area contributed by atoms with Gasteiger partial charge in [-0.2, -0.15) is 0 Å². The van der Waals surface area contributed by atoms with E-state index in [4.69, 9.17) is 17.0 Å². The van der Waals surface area contributed by atoms with Crippen LogP contribution < -0.4 is 5.32 Å². The average molecular weight is 377 g/mol. The first kappa shape index (κ1) is 20.8. The number of pyridine rings is 1. The van der Waals surface area contributed by atoms with Gasteiger partial charge in [-0.3, -0.25) is 9.78 Å². The van der Waals surface area contributed by atoms with Gasteiger partial charge in [0.05, 0.1) is 17.3 Å². The minimum absolute atomic E-state index is 0.298. The standard InChI is InChI=1S/C21H32N2O2S/c1-3-4-5-8-16-10-12-17(13-11-16)15-25-21(24)19(20(26)22-2)18-9-6-7-14-23-18/h6-7,9,14,16-17,19H,3-5,8,10-13,15H2,1-2H3,(H,22,26). The highest BCUT2D eigenvalue weighted by molar-refractivity contribution is 7.80. The summed E-state index contributed by atoms with van der Waals surface area (Å²) in [5.74, 6) is 0.426. The maximum atomic E-state index is 12.6. The highest BCUT2D eigenvalue weighted by atomic mass is 32.1. The van der Waals surface area contributed by atoms with Gasteiger partial charge in [0.25, 0.3) is 0 Å². The SMILES string of the molecule is CCCCCC1CCC(COC(=O)C(C(=S)NC)c2ccccn2)CC1. The number of ether oxygens (including phenoxy) is 1. The molecule has 1 unspecified atom stereocenters. The first-order chi connectivity index (χ1) is 12.7. The van der Waals surface area contributed by atoms with E-state index in [1.807, 2.05) is 18.2 Å². The van der Waals surface area contributed by atoms with E-state index in [0.29, 0.717) is 23.2 Å². The maximum Gasteiger partial charge on any atom is 0.322 e. The van der Waals surface area contributed by atoms with Crippen LogP contribution in [0.1, 0.15) is 69.9 Å². The van der Waals surface area contributed by atoms with E-state index in [9.17, 15) is 4.79 Å². The van der Waals surface area contributed by atoms with Crippen LogP contribution in [-0.2, 0) is 9.53 Å². The lowest BCUT2D eigenvalue weighted by atomic mass is 9.80. The molecule has 0 saturated heterocycles. The summed E-state index contributed by atoms with van der Waals surface area (Å²) in [6.07, 6.45) is 11.9. The van der Waals surface area contributed by atoms with Gasteiger partial charge >= 0.3 is 5.97 Å². The molecule has 144 valence electrons. The first-order valence-corrected chi connectivity index (χ1v) is 10.4. The summed E-state index contributed by atoms with van der Waals surface area (Å²) in [5.41, 5.74) is 0.636. The lowest BCUT2D eigenvalue weighted by Crippen LogP contribution is -2.32. The van der Waals surface area contributed by atoms with Crippen molar-refractivity contribution >= 4 is 23.2 Å². The van der Waals surface area contributed by atoms with Gasteiger partial charge in [0.1, 0.15) is 5.92 Å². The number of hydrogen-bond donors (Lipinski definition) is 1. The number of nitrogens with one attached hydrogen (secondary N) is 1. The van der Waals surface area contributed by atoms with Crippen LogP contribution in [0.15, 0.2) is 24.4 Å². The molecule has 1 saturated carbocycles. The Morgan fingerprint density at radius 1 is 1.27 bits per heavy atom. The van der Waals surface area contributed by atoms with Crippen molar-refractivity contribution in [2.24, 2.45) is 11.8 Å². The van der Waals surface area contributed by atoms with E-state index in [1.54, 1.807) is 13.2 Å². The lowest BCUT2D eigenvalue weighted by Gasteiger charge is -2.28. The summed E-state index contributed by atoms with van der Waals surface area (Å²) in [5, 5.41) is 2.90. The number of nitrogens with zero attached hydrogens (tertiary/aromatic N) is 1. The molecule has 0 spiro atoms. The van der Waals surface area contributed by atoms with Crippen LogP contribution in [0.4, 0.5) is 0 Å². The monoisotopic (exact) mass is 376 g/mol. The Kier molecular flexibility index (Phi) is 9.02. The van der Waals surface area contributed by atoms with Crippen LogP contribution in [0.5, 0.6) is 0 Å². The fourth-order valence-corrected chi connectivity index (χ4v) is 3.92. The smallest absolute Gasteiger partial charge is 0.322 e. The lowest BCUT2D eigenvalue weighted by molar-refractivity contribution is -0.145. The van der Waals surface area contributed by atoms with Crippen LogP contribution in [0.25, 0.3) is 0 Å². The van der Waals surface area contributed by atoms with Crippen molar-refractivity contribution in [3.8, 4) is 0 Å². The number of esters is 1. The van der Waals surface area contributed by atoms with Crippen molar-refractivity contribution in [2.75, 3.05) is 13.7 Å². The minimum Gasteiger partial charge on any atom is -0.465 e. The zero-order valence-corrected chi connectivity index (χ0v) is 16.9. The van der Waals surface area contributed by atoms with E-state index >= 15 is 0 Å². The average Bonchev–Trinajstić information content (AvgIpc) is 2.68. The summed E-state index contributed by atoms with van der Waals surface area (Å²) in [4.78, 5) is 17.4. The second-order valence-corrected chi connectivity index (χ2v) is 7.75. The molecule has 5 heteroatoms. The molecule has 0 aromatic carbocycles. The van der Waals surface area contributed by atoms with E-state index in [1.165, 1.54) is 38.5 Å². The number of thiocarbonyl (C=S) groups is 1. The zero-order valence-electron chi connectivity index (χ0n) is 16.1. The molecule has 1 aromatic rings. The minimum atomic E-state index is -0.624. The van der Waals surface area contributed by atoms with Crippen LogP contribution in [-0.4, -0.2) is 29.6 Å². The summed E-state index contributed by atoms with van der Waals surface area (Å²) in [6, 6.07) is 5.51. The van der Waals surface area contributed by atoms with Gasteiger partial charge in [-0.25, -0.2) is 0 Å². The highest BCUT2D eigenvalue weighted by Gasteiger charge is 2.29. The molecule has 0 amide bonds. The Labute approximate surface area is 163 Å². The van der Waals surface area contributed by atoms with E-state index in [0.717, 1.165) is 18.8 Å². The Hall–Kier alpha value is -1.49. The zero-order chi connectivity index (χ0) is 18.8. The van der Waals surface area contributed by atoms with Gasteiger partial charge in [0.2, 0.25) is 0 Å². The first-order valence-electron chi connectivity index (χ1n) is 9.94. The largest absolute Gasteiger partial charge is 0.465 e. The van der Waals surface area contributed by atoms with Crippen molar-refractivity contribution < 1.29 is 9.53 Å². The fourth-order valence-electron chi connectivity index (χ4n) is 3.71. The molecule has 0 aliphatic heterocycles. The number of carbonyl (C=O) groups excluding carboxylic acids is 1. The van der Waals surface area contributed by atoms with Gasteiger partial charge < -0.3 is 10.1 Å². The predicted molar refractivity (Wildman–Crippen MR) is 109 cm³/mol. The van der Waals surface area contributed by atoms with Gasteiger partial charge in [0.15, 0.2) is 0 Å². The van der Waals surface area contributed by atoms with Crippen molar-refractivity contribution in [1.29, 1.82) is 0 Å². The number of hydrogen-bond acceptors (Lipinski definition) is 4. The Bertz CT molecular complexity index is 556. The Morgan fingerprint density at radius 3 is 2.62 bits per heavy atom. The highest BCUT2D eigenvalue weighted by Crippen LogP contribution is 2.32. The van der Waals surface area contributed by atoms with Crippen molar-refractivity contribution in [1.82, 2.24) is 10.3 Å². The van der Waals surface area contributed by atoms with Crippen LogP contribution in [0.3, 0.4) is 0 Å². The third kappa shape index (κ3) is 6.35. The maximum absolute atomic E-state index is 12.6. The van der Waals surface area contributed by atoms with Gasteiger partial charge in [-0.1, -0.05) is 63.7 Å². The number of likely N-dealkylation sites (N-methyl/N-ethyl adjacent to an activating group) is 1. The third-order valence-electron chi connectivity index (χ3n) is 5.37. The number of rotatable bonds is 9. The number of aromatic nitrogens is 1. The van der Waals surface area contributed by atoms with Crippen molar-refractivity contribution in [2.45, 2.75) is 64.2 Å². The fraction of sp³-hybridized carbons (Fsp3) is 0.667. The molecule has 0 radical (unpaired) electrons. The summed E-state index contributed by atoms with van der Waals surface area (Å²) in [7, 11) is 1.73. The molecule has 1 aliphatic carbocycles. The molecule has 1 fully saturated rings. The number of unbranched alkanes of at least 4 members (excludes halogenated alkanes) is 2. The van der Waals surface area contributed by atoms with Crippen LogP contribution in [0, 0.1) is 11.8 Å². The molecule has 1 atom stereocenters. The molecular weight excluding hydrogens is 344 g/mol. The second kappa shape index (κ2) is 11.3. The molecule has 1 heterocycles. The Balaban J connectivity index is 1.81. The second-order valence-electron chi connectivity index (χ2n) is 7.31. The van der Waals surface area contributed by atoms with Crippen LogP contribution in [0.2, 0.25) is 0 Å². The third-order valence-corrected chi connectivity index (χ3v) is 5.81. The molecule has 4 nitrogen and oxygen atoms in total. The summed E-state index contributed by atoms with van der Waals surface area (Å²) in [6.45, 7) is 2.75. The van der Waals surface area contributed by atoms with Gasteiger partial charge in [0, 0.05) is 13.2 Å². The predicted octanol–water partition coefficient (Wildman–Crippen LogP) is 4.64. The molecule has 0 bridgehead atoms. The van der Waals surface area contributed by atoms with Crippen LogP contribution >= 0.6 is 12.2 Å². The van der Waals surface area contributed by atoms with E-state index in [-0.39, 0.29) is 5.97 Å². The van der Waals surface area contributed by atoms with E-state index < -0.39 is 5.92 Å². The quantitative estimate of drug-likeness (QED) is 0.386. The molecular formula is C21H32N2O2S. The normalized spacial score (nSPS) is 21.0. The molecule has 1 aromatic heterocycles. The van der Waals surface area contributed by atoms with Crippen molar-refractivity contribution in [3.05, 3.63) is 30.1 Å².